The van der Waals surface area contributed by atoms with Crippen molar-refractivity contribution in [3.05, 3.63) is 65.7 Å². The van der Waals surface area contributed by atoms with Gasteiger partial charge in [-0.05, 0) is 55.8 Å². The van der Waals surface area contributed by atoms with Crippen molar-refractivity contribution in [1.82, 2.24) is 4.72 Å². The van der Waals surface area contributed by atoms with Crippen molar-refractivity contribution in [2.75, 3.05) is 11.9 Å². The molecule has 1 aliphatic heterocycles. The third-order valence-electron chi connectivity index (χ3n) is 4.32. The van der Waals surface area contributed by atoms with Crippen LogP contribution in [0.1, 0.15) is 18.1 Å². The number of sulfonamides is 1. The van der Waals surface area contributed by atoms with Crippen molar-refractivity contribution in [2.45, 2.75) is 24.3 Å². The monoisotopic (exact) mass is 356 g/mol. The normalized spacial score (nSPS) is 17.0. The van der Waals surface area contributed by atoms with Gasteiger partial charge in [-0.1, -0.05) is 30.3 Å². The average molecular weight is 356 g/mol. The zero-order valence-electron chi connectivity index (χ0n) is 14.1. The van der Waals surface area contributed by atoms with Gasteiger partial charge >= 0.3 is 0 Å². The first-order valence-electron chi connectivity index (χ1n) is 8.05. The molecule has 0 saturated heterocycles. The molecule has 0 aliphatic carbocycles. The van der Waals surface area contributed by atoms with Crippen LogP contribution in [-0.2, 0) is 21.2 Å². The van der Waals surface area contributed by atoms with Crippen LogP contribution in [0.25, 0.3) is 6.08 Å². The molecule has 1 unspecified atom stereocenters. The van der Waals surface area contributed by atoms with Crippen LogP contribution >= 0.6 is 0 Å². The molecule has 1 N–H and O–H groups in total. The highest BCUT2D eigenvalue weighted by atomic mass is 32.2. The molecule has 0 fully saturated rings. The van der Waals surface area contributed by atoms with Gasteiger partial charge < -0.3 is 4.90 Å². The average Bonchev–Trinajstić information content (AvgIpc) is 2.96. The molecule has 5 nitrogen and oxygen atoms in total. The summed E-state index contributed by atoms with van der Waals surface area (Å²) in [5.74, 6) is -0.0793. The van der Waals surface area contributed by atoms with Gasteiger partial charge in [-0.3, -0.25) is 4.79 Å². The van der Waals surface area contributed by atoms with Crippen molar-refractivity contribution < 1.29 is 13.2 Å². The van der Waals surface area contributed by atoms with Gasteiger partial charge in [0.15, 0.2) is 0 Å². The molecular weight excluding hydrogens is 336 g/mol. The number of anilines is 1. The van der Waals surface area contributed by atoms with E-state index in [9.17, 15) is 13.2 Å². The fourth-order valence-corrected chi connectivity index (χ4v) is 3.76. The Morgan fingerprint density at radius 2 is 1.84 bits per heavy atom. The Labute approximate surface area is 148 Å². The molecule has 0 spiro atoms. The number of carbonyl (C=O) groups excluding carboxylic acids is 1. The Hall–Kier alpha value is -2.44. The number of benzene rings is 2. The summed E-state index contributed by atoms with van der Waals surface area (Å²) >= 11 is 0. The number of hydrogen-bond acceptors (Lipinski definition) is 3. The summed E-state index contributed by atoms with van der Waals surface area (Å²) in [6.45, 7) is 2.03. The lowest BCUT2D eigenvalue weighted by molar-refractivity contribution is -0.114. The zero-order chi connectivity index (χ0) is 18.0. The van der Waals surface area contributed by atoms with E-state index >= 15 is 0 Å². The van der Waals surface area contributed by atoms with E-state index < -0.39 is 10.0 Å². The smallest absolute Gasteiger partial charge is 0.251 e. The lowest BCUT2D eigenvalue weighted by atomic mass is 10.1. The number of carbonyl (C=O) groups is 1. The Bertz CT molecular complexity index is 918. The highest BCUT2D eigenvalue weighted by molar-refractivity contribution is 7.89. The standard InChI is InChI=1S/C19H20N2O3S/c1-14-13-16-5-3-4-6-18(16)21(14)19(22)12-9-15-7-10-17(11-8-15)25(23,24)20-2/h3-12,14,20H,13H2,1-2H3/b12-9+. The van der Waals surface area contributed by atoms with Crippen molar-refractivity contribution in [1.29, 1.82) is 0 Å². The van der Waals surface area contributed by atoms with Gasteiger partial charge in [0.25, 0.3) is 5.91 Å². The fraction of sp³-hybridized carbons (Fsp3) is 0.211. The number of nitrogens with one attached hydrogen (secondary N) is 1. The summed E-state index contributed by atoms with van der Waals surface area (Å²) in [5, 5.41) is 0. The molecule has 3 rings (SSSR count). The number of rotatable bonds is 4. The number of nitrogens with zero attached hydrogens (tertiary/aromatic N) is 1. The predicted molar refractivity (Wildman–Crippen MR) is 98.8 cm³/mol. The van der Waals surface area contributed by atoms with Crippen LogP contribution < -0.4 is 9.62 Å². The summed E-state index contributed by atoms with van der Waals surface area (Å²) in [6, 6.07) is 14.4. The largest absolute Gasteiger partial charge is 0.305 e. The lowest BCUT2D eigenvalue weighted by Gasteiger charge is -2.20. The zero-order valence-corrected chi connectivity index (χ0v) is 15.0. The van der Waals surface area contributed by atoms with Gasteiger partial charge in [-0.15, -0.1) is 0 Å². The second-order valence-electron chi connectivity index (χ2n) is 6.00. The van der Waals surface area contributed by atoms with Gasteiger partial charge in [-0.25, -0.2) is 13.1 Å². The van der Waals surface area contributed by atoms with Gasteiger partial charge in [0.2, 0.25) is 10.0 Å². The van der Waals surface area contributed by atoms with E-state index in [-0.39, 0.29) is 16.8 Å². The molecule has 0 saturated carbocycles. The fourth-order valence-electron chi connectivity index (χ4n) is 3.03. The van der Waals surface area contributed by atoms with E-state index in [0.717, 1.165) is 17.7 Å². The highest BCUT2D eigenvalue weighted by Crippen LogP contribution is 2.32. The maximum atomic E-state index is 12.6. The number of para-hydroxylation sites is 1. The van der Waals surface area contributed by atoms with Crippen LogP contribution in [0.5, 0.6) is 0 Å². The van der Waals surface area contributed by atoms with Crippen LogP contribution in [0.2, 0.25) is 0 Å². The van der Waals surface area contributed by atoms with E-state index in [4.69, 9.17) is 0 Å². The Morgan fingerprint density at radius 3 is 2.52 bits per heavy atom. The predicted octanol–water partition coefficient (Wildman–Crippen LogP) is 2.59. The molecule has 1 amide bonds. The van der Waals surface area contributed by atoms with Crippen molar-refractivity contribution >= 4 is 27.7 Å². The number of fused-ring (bicyclic) bond motifs is 1. The van der Waals surface area contributed by atoms with E-state index in [2.05, 4.69) is 4.72 Å². The van der Waals surface area contributed by atoms with Gasteiger partial charge in [0, 0.05) is 17.8 Å². The quantitative estimate of drug-likeness (QED) is 0.857. The first-order valence-corrected chi connectivity index (χ1v) is 9.53. The second-order valence-corrected chi connectivity index (χ2v) is 7.89. The van der Waals surface area contributed by atoms with Gasteiger partial charge in [0.05, 0.1) is 4.90 Å². The van der Waals surface area contributed by atoms with E-state index in [1.165, 1.54) is 30.8 Å². The Kier molecular flexibility index (Phi) is 4.74. The van der Waals surface area contributed by atoms with Crippen molar-refractivity contribution in [3.63, 3.8) is 0 Å². The third-order valence-corrected chi connectivity index (χ3v) is 5.75. The topological polar surface area (TPSA) is 66.5 Å². The summed E-state index contributed by atoms with van der Waals surface area (Å²) in [5.41, 5.74) is 2.90. The van der Waals surface area contributed by atoms with E-state index in [1.807, 2.05) is 31.2 Å². The SMILES string of the molecule is CNS(=O)(=O)c1ccc(/C=C/C(=O)N2c3ccccc3CC2C)cc1. The highest BCUT2D eigenvalue weighted by Gasteiger charge is 2.29. The van der Waals surface area contributed by atoms with Crippen molar-refractivity contribution in [2.24, 2.45) is 0 Å². The number of amides is 1. The molecule has 6 heteroatoms. The molecular formula is C19H20N2O3S. The molecule has 130 valence electrons. The van der Waals surface area contributed by atoms with Crippen LogP contribution in [0.15, 0.2) is 59.5 Å². The molecule has 1 heterocycles. The minimum absolute atomic E-state index is 0.0793. The Morgan fingerprint density at radius 1 is 1.16 bits per heavy atom. The molecule has 1 atom stereocenters. The van der Waals surface area contributed by atoms with Crippen LogP contribution in [-0.4, -0.2) is 27.4 Å². The van der Waals surface area contributed by atoms with Crippen molar-refractivity contribution in [3.8, 4) is 0 Å². The minimum Gasteiger partial charge on any atom is -0.305 e. The molecule has 0 aromatic heterocycles. The molecule has 1 aliphatic rings. The van der Waals surface area contributed by atoms with Crippen LogP contribution in [0.4, 0.5) is 5.69 Å². The maximum Gasteiger partial charge on any atom is 0.251 e. The Balaban J connectivity index is 1.77. The molecule has 25 heavy (non-hydrogen) atoms. The summed E-state index contributed by atoms with van der Waals surface area (Å²) in [7, 11) is -2.08. The third kappa shape index (κ3) is 3.50. The summed E-state index contributed by atoms with van der Waals surface area (Å²) in [4.78, 5) is 14.6. The molecule has 2 aromatic carbocycles. The number of hydrogen-bond donors (Lipinski definition) is 1. The first-order chi connectivity index (χ1) is 11.9. The van der Waals surface area contributed by atoms with Gasteiger partial charge in [0.1, 0.15) is 0 Å². The van der Waals surface area contributed by atoms with Crippen LogP contribution in [0, 0.1) is 0 Å². The van der Waals surface area contributed by atoms with Crippen LogP contribution in [0.3, 0.4) is 0 Å². The lowest BCUT2D eigenvalue weighted by Crippen LogP contribution is -2.34. The molecule has 0 radical (unpaired) electrons. The minimum atomic E-state index is -3.45. The first kappa shape index (κ1) is 17.4. The second kappa shape index (κ2) is 6.82. The maximum absolute atomic E-state index is 12.6. The summed E-state index contributed by atoms with van der Waals surface area (Å²) < 4.78 is 25.7. The van der Waals surface area contributed by atoms with E-state index in [0.29, 0.717) is 0 Å². The van der Waals surface area contributed by atoms with Gasteiger partial charge in [-0.2, -0.15) is 0 Å². The molecule has 0 bridgehead atoms. The molecule has 2 aromatic rings. The summed E-state index contributed by atoms with van der Waals surface area (Å²) in [6.07, 6.45) is 4.08. The van der Waals surface area contributed by atoms with E-state index in [1.54, 1.807) is 23.1 Å².